The summed E-state index contributed by atoms with van der Waals surface area (Å²) >= 11 is -3.35. The Morgan fingerprint density at radius 3 is 1.45 bits per heavy atom. The Bertz CT molecular complexity index is 205. The van der Waals surface area contributed by atoms with Crippen LogP contribution in [0.25, 0.3) is 0 Å². The maximum absolute atomic E-state index is 6.18. The van der Waals surface area contributed by atoms with Gasteiger partial charge in [0.15, 0.2) is 0 Å². The molecule has 0 aromatic rings. The van der Waals surface area contributed by atoms with Crippen LogP contribution in [0.1, 0.15) is 66.2 Å². The molecule has 0 saturated carbocycles. The summed E-state index contributed by atoms with van der Waals surface area (Å²) in [5.41, 5.74) is 0. The molecule has 0 N–H and O–H groups in total. The van der Waals surface area contributed by atoms with Gasteiger partial charge in [-0.2, -0.15) is 0 Å². The van der Waals surface area contributed by atoms with Gasteiger partial charge in [0.05, 0.1) is 0 Å². The molecule has 0 rings (SSSR count). The van der Waals surface area contributed by atoms with E-state index in [9.17, 15) is 0 Å². The van der Waals surface area contributed by atoms with Crippen LogP contribution in [0.5, 0.6) is 0 Å². The van der Waals surface area contributed by atoms with E-state index in [0.29, 0.717) is 0 Å². The van der Waals surface area contributed by atoms with Crippen LogP contribution >= 0.6 is 0 Å². The van der Waals surface area contributed by atoms with Gasteiger partial charge in [-0.3, -0.25) is 0 Å². The van der Waals surface area contributed by atoms with E-state index in [2.05, 4.69) is 32.9 Å². The standard InChI is InChI=1S/3C4H9O.C4H7.Sn/c3*1-2-3-4-5;1-3-4-2;/h3*2-4H2,1H3;3-4H,1H2,2H3;/q3*-1;;+3. The Balaban J connectivity index is 4.56. The van der Waals surface area contributed by atoms with Crippen molar-refractivity contribution in [3.63, 3.8) is 0 Å². The zero-order valence-corrected chi connectivity index (χ0v) is 16.8. The van der Waals surface area contributed by atoms with Crippen LogP contribution in [0, 0.1) is 0 Å². The van der Waals surface area contributed by atoms with Crippen molar-refractivity contribution in [3.05, 3.63) is 12.2 Å². The molecular formula is C16H34O3Sn. The van der Waals surface area contributed by atoms with E-state index in [1.54, 1.807) is 0 Å². The molecule has 0 aliphatic heterocycles. The van der Waals surface area contributed by atoms with Crippen molar-refractivity contribution < 1.29 is 9.22 Å². The van der Waals surface area contributed by atoms with Crippen LogP contribution in [0.2, 0.25) is 4.44 Å². The van der Waals surface area contributed by atoms with E-state index in [0.717, 1.165) is 62.8 Å². The Morgan fingerprint density at radius 1 is 0.750 bits per heavy atom. The Labute approximate surface area is 131 Å². The summed E-state index contributed by atoms with van der Waals surface area (Å²) in [5, 5.41) is 0. The van der Waals surface area contributed by atoms with Crippen molar-refractivity contribution in [1.29, 1.82) is 0 Å². The van der Waals surface area contributed by atoms with Gasteiger partial charge in [0.1, 0.15) is 0 Å². The topological polar surface area (TPSA) is 27.7 Å². The molecule has 0 heterocycles. The molecule has 3 nitrogen and oxygen atoms in total. The SMILES string of the molecule is CC=C[CH2][Sn]([O]CCCC)([O]CCCC)[O]CCCC. The fourth-order valence-electron chi connectivity index (χ4n) is 1.68. The van der Waals surface area contributed by atoms with Crippen LogP contribution in [0.15, 0.2) is 12.2 Å². The van der Waals surface area contributed by atoms with E-state index in [4.69, 9.17) is 9.22 Å². The second-order valence-corrected chi connectivity index (χ2v) is 12.6. The quantitative estimate of drug-likeness (QED) is 0.238. The Morgan fingerprint density at radius 2 is 1.15 bits per heavy atom. The molecule has 0 amide bonds. The summed E-state index contributed by atoms with van der Waals surface area (Å²) in [6.07, 6.45) is 10.9. The van der Waals surface area contributed by atoms with E-state index in [1.165, 1.54) is 0 Å². The first-order chi connectivity index (χ1) is 9.74. The first-order valence-electron chi connectivity index (χ1n) is 8.27. The average molecular weight is 393 g/mol. The van der Waals surface area contributed by atoms with Crippen molar-refractivity contribution in [2.24, 2.45) is 0 Å². The number of allylic oxidation sites excluding steroid dienone is 2. The molecular weight excluding hydrogens is 359 g/mol. The third kappa shape index (κ3) is 10.2. The molecule has 0 spiro atoms. The number of unbranched alkanes of at least 4 members (excludes halogenated alkanes) is 3. The predicted octanol–water partition coefficient (Wildman–Crippen LogP) is 4.95. The second-order valence-electron chi connectivity index (χ2n) is 5.06. The normalized spacial score (nSPS) is 12.4. The number of hydrogen-bond donors (Lipinski definition) is 0. The number of rotatable bonds is 14. The minimum atomic E-state index is -3.35. The average Bonchev–Trinajstić information content (AvgIpc) is 2.46. The molecule has 0 radical (unpaired) electrons. The maximum atomic E-state index is 6.18. The first-order valence-corrected chi connectivity index (χ1v) is 13.8. The van der Waals surface area contributed by atoms with Crippen LogP contribution in [0.4, 0.5) is 0 Å². The van der Waals surface area contributed by atoms with Gasteiger partial charge in [-0.1, -0.05) is 0 Å². The van der Waals surface area contributed by atoms with Crippen molar-refractivity contribution >= 4 is 19.6 Å². The molecule has 0 unspecified atom stereocenters. The summed E-state index contributed by atoms with van der Waals surface area (Å²) in [4.78, 5) is 0. The molecule has 120 valence electrons. The Hall–Kier alpha value is 0.419. The molecule has 0 aliphatic carbocycles. The number of hydrogen-bond acceptors (Lipinski definition) is 3. The first kappa shape index (κ1) is 20.4. The van der Waals surface area contributed by atoms with Gasteiger partial charge in [0, 0.05) is 0 Å². The van der Waals surface area contributed by atoms with Crippen LogP contribution in [-0.2, 0) is 9.22 Å². The van der Waals surface area contributed by atoms with Gasteiger partial charge in [0.2, 0.25) is 0 Å². The van der Waals surface area contributed by atoms with E-state index in [1.807, 2.05) is 6.92 Å². The molecule has 0 atom stereocenters. The fraction of sp³-hybridized carbons (Fsp3) is 0.875. The fourth-order valence-corrected chi connectivity index (χ4v) is 8.80. The van der Waals surface area contributed by atoms with Gasteiger partial charge in [0.25, 0.3) is 0 Å². The summed E-state index contributed by atoms with van der Waals surface area (Å²) in [6, 6.07) is 0. The van der Waals surface area contributed by atoms with E-state index in [-0.39, 0.29) is 0 Å². The van der Waals surface area contributed by atoms with E-state index >= 15 is 0 Å². The van der Waals surface area contributed by atoms with Crippen LogP contribution in [-0.4, -0.2) is 39.4 Å². The zero-order chi connectivity index (χ0) is 15.1. The van der Waals surface area contributed by atoms with Crippen molar-refractivity contribution in [2.75, 3.05) is 19.8 Å². The molecule has 0 saturated heterocycles. The molecule has 0 aromatic heterocycles. The van der Waals surface area contributed by atoms with Gasteiger partial charge in [-0.25, -0.2) is 0 Å². The molecule has 0 aliphatic rings. The van der Waals surface area contributed by atoms with Crippen LogP contribution in [0.3, 0.4) is 0 Å². The van der Waals surface area contributed by atoms with Crippen LogP contribution < -0.4 is 0 Å². The summed E-state index contributed by atoms with van der Waals surface area (Å²) in [6.45, 7) is 10.9. The molecule has 0 fully saturated rings. The Kier molecular flexibility index (Phi) is 14.7. The van der Waals surface area contributed by atoms with Crippen molar-refractivity contribution in [1.82, 2.24) is 0 Å². The summed E-state index contributed by atoms with van der Waals surface area (Å²) in [7, 11) is 0. The predicted molar refractivity (Wildman–Crippen MR) is 88.0 cm³/mol. The van der Waals surface area contributed by atoms with Crippen molar-refractivity contribution in [3.8, 4) is 0 Å². The monoisotopic (exact) mass is 394 g/mol. The molecule has 0 aromatic carbocycles. The molecule has 20 heavy (non-hydrogen) atoms. The molecule has 0 bridgehead atoms. The van der Waals surface area contributed by atoms with E-state index < -0.39 is 19.6 Å². The third-order valence-electron chi connectivity index (χ3n) is 3.06. The van der Waals surface area contributed by atoms with Gasteiger partial charge in [-0.05, 0) is 0 Å². The third-order valence-corrected chi connectivity index (χ3v) is 10.7. The van der Waals surface area contributed by atoms with Gasteiger partial charge >= 0.3 is 131 Å². The zero-order valence-electron chi connectivity index (χ0n) is 14.0. The second kappa shape index (κ2) is 14.4. The van der Waals surface area contributed by atoms with Crippen molar-refractivity contribution in [2.45, 2.75) is 70.7 Å². The van der Waals surface area contributed by atoms with Gasteiger partial charge < -0.3 is 0 Å². The minimum absolute atomic E-state index is 0.780. The molecule has 4 heteroatoms. The summed E-state index contributed by atoms with van der Waals surface area (Å²) < 4.78 is 19.4. The summed E-state index contributed by atoms with van der Waals surface area (Å²) in [5.74, 6) is 0. The van der Waals surface area contributed by atoms with Gasteiger partial charge in [-0.15, -0.1) is 0 Å².